The molecule has 0 aromatic carbocycles. The van der Waals surface area contributed by atoms with E-state index in [9.17, 15) is 4.79 Å². The van der Waals surface area contributed by atoms with Crippen LogP contribution >= 0.6 is 0 Å². The molecule has 1 aromatic rings. The maximum atomic E-state index is 12.4. The third-order valence-corrected chi connectivity index (χ3v) is 5.81. The van der Waals surface area contributed by atoms with E-state index in [1.54, 1.807) is 0 Å². The summed E-state index contributed by atoms with van der Waals surface area (Å²) in [5.41, 5.74) is 0. The van der Waals surface area contributed by atoms with Crippen molar-refractivity contribution in [2.24, 2.45) is 7.05 Å². The van der Waals surface area contributed by atoms with E-state index in [2.05, 4.69) is 31.6 Å². The largest absolute Gasteiger partial charge is 0.379 e. The molecule has 0 spiro atoms. The lowest BCUT2D eigenvalue weighted by Crippen LogP contribution is -2.44. The highest BCUT2D eigenvalue weighted by molar-refractivity contribution is 5.78. The van der Waals surface area contributed by atoms with E-state index in [1.807, 2.05) is 18.7 Å². The molecule has 1 atom stereocenters. The summed E-state index contributed by atoms with van der Waals surface area (Å²) in [5.74, 6) is 2.65. The Labute approximate surface area is 162 Å². The van der Waals surface area contributed by atoms with Crippen molar-refractivity contribution in [2.75, 3.05) is 59.0 Å². The van der Waals surface area contributed by atoms with Crippen molar-refractivity contribution in [2.45, 2.75) is 39.2 Å². The minimum absolute atomic E-state index is 0.228. The van der Waals surface area contributed by atoms with Crippen LogP contribution in [0, 0.1) is 0 Å². The number of piperidine rings is 1. The number of hydrogen-bond donors (Lipinski definition) is 0. The average molecular weight is 379 g/mol. The Bertz CT molecular complexity index is 609. The number of amides is 1. The van der Waals surface area contributed by atoms with Crippen molar-refractivity contribution in [1.82, 2.24) is 29.5 Å². The van der Waals surface area contributed by atoms with Gasteiger partial charge in [-0.2, -0.15) is 0 Å². The molecular formula is C19H34N6O2. The maximum Gasteiger partial charge on any atom is 0.236 e. The van der Waals surface area contributed by atoms with Gasteiger partial charge in [-0.3, -0.25) is 14.6 Å². The Balaban J connectivity index is 1.60. The van der Waals surface area contributed by atoms with Gasteiger partial charge in [0.15, 0.2) is 0 Å². The van der Waals surface area contributed by atoms with E-state index < -0.39 is 0 Å². The molecule has 0 bridgehead atoms. The Hall–Kier alpha value is -1.51. The molecule has 3 rings (SSSR count). The van der Waals surface area contributed by atoms with Crippen molar-refractivity contribution in [3.63, 3.8) is 0 Å². The molecule has 0 unspecified atom stereocenters. The quantitative estimate of drug-likeness (QED) is 0.696. The number of likely N-dealkylation sites (N-methyl/N-ethyl adjacent to an activating group) is 1. The van der Waals surface area contributed by atoms with Crippen molar-refractivity contribution < 1.29 is 9.53 Å². The fourth-order valence-corrected chi connectivity index (χ4v) is 4.11. The van der Waals surface area contributed by atoms with Crippen LogP contribution in [0.15, 0.2) is 0 Å². The molecule has 1 aromatic heterocycles. The molecule has 2 saturated heterocycles. The van der Waals surface area contributed by atoms with Gasteiger partial charge in [0.2, 0.25) is 5.91 Å². The molecule has 152 valence electrons. The Morgan fingerprint density at radius 2 is 1.89 bits per heavy atom. The lowest BCUT2D eigenvalue weighted by atomic mass is 9.97. The first-order valence-corrected chi connectivity index (χ1v) is 10.3. The predicted molar refractivity (Wildman–Crippen MR) is 103 cm³/mol. The van der Waals surface area contributed by atoms with Gasteiger partial charge in [-0.15, -0.1) is 10.2 Å². The van der Waals surface area contributed by atoms with Gasteiger partial charge in [-0.25, -0.2) is 0 Å². The normalized spacial score (nSPS) is 22.1. The number of aromatic nitrogens is 3. The van der Waals surface area contributed by atoms with Gasteiger partial charge in [0, 0.05) is 45.7 Å². The van der Waals surface area contributed by atoms with Crippen LogP contribution in [0.2, 0.25) is 0 Å². The molecule has 8 heteroatoms. The summed E-state index contributed by atoms with van der Waals surface area (Å²) in [6.07, 6.45) is 2.21. The summed E-state index contributed by atoms with van der Waals surface area (Å²) < 4.78 is 7.59. The van der Waals surface area contributed by atoms with E-state index in [0.717, 1.165) is 83.5 Å². The van der Waals surface area contributed by atoms with Gasteiger partial charge in [-0.1, -0.05) is 0 Å². The fraction of sp³-hybridized carbons (Fsp3) is 0.842. The highest BCUT2D eigenvalue weighted by atomic mass is 16.5. The zero-order chi connectivity index (χ0) is 19.2. The second-order valence-electron chi connectivity index (χ2n) is 7.56. The van der Waals surface area contributed by atoms with Gasteiger partial charge in [0.05, 0.1) is 26.3 Å². The fourth-order valence-electron chi connectivity index (χ4n) is 4.11. The minimum Gasteiger partial charge on any atom is -0.379 e. The monoisotopic (exact) mass is 378 g/mol. The second-order valence-corrected chi connectivity index (χ2v) is 7.56. The first kappa shape index (κ1) is 20.2. The number of morpholine rings is 1. The zero-order valence-corrected chi connectivity index (χ0v) is 17.1. The van der Waals surface area contributed by atoms with Crippen LogP contribution in [0.4, 0.5) is 0 Å². The van der Waals surface area contributed by atoms with Crippen LogP contribution in [0.5, 0.6) is 0 Å². The van der Waals surface area contributed by atoms with E-state index in [4.69, 9.17) is 4.74 Å². The van der Waals surface area contributed by atoms with Gasteiger partial charge in [-0.05, 0) is 33.2 Å². The highest BCUT2D eigenvalue weighted by Gasteiger charge is 2.28. The highest BCUT2D eigenvalue weighted by Crippen LogP contribution is 2.26. The molecule has 2 fully saturated rings. The number of carbonyl (C=O) groups excluding carboxylic acids is 1. The Morgan fingerprint density at radius 3 is 2.59 bits per heavy atom. The van der Waals surface area contributed by atoms with Gasteiger partial charge >= 0.3 is 0 Å². The third-order valence-electron chi connectivity index (χ3n) is 5.81. The van der Waals surface area contributed by atoms with Crippen LogP contribution < -0.4 is 0 Å². The molecule has 1 amide bonds. The lowest BCUT2D eigenvalue weighted by Gasteiger charge is -2.33. The van der Waals surface area contributed by atoms with Crippen LogP contribution in [-0.4, -0.2) is 94.4 Å². The van der Waals surface area contributed by atoms with E-state index in [1.165, 1.54) is 0 Å². The summed E-state index contributed by atoms with van der Waals surface area (Å²) in [4.78, 5) is 19.0. The summed E-state index contributed by atoms with van der Waals surface area (Å²) in [5, 5.41) is 8.98. The Morgan fingerprint density at radius 1 is 1.15 bits per heavy atom. The average Bonchev–Trinajstić information content (AvgIpc) is 3.04. The van der Waals surface area contributed by atoms with Gasteiger partial charge < -0.3 is 14.2 Å². The molecule has 3 heterocycles. The lowest BCUT2D eigenvalue weighted by molar-refractivity contribution is -0.132. The van der Waals surface area contributed by atoms with Gasteiger partial charge in [0.25, 0.3) is 0 Å². The molecule has 27 heavy (non-hydrogen) atoms. The number of rotatable bonds is 7. The molecular weight excluding hydrogens is 344 g/mol. The SMILES string of the molecule is CCN(CC)C(=O)CN1CCC[C@@H](c2nnc(CN3CCOCC3)n2C)C1. The predicted octanol–water partition coefficient (Wildman–Crippen LogP) is 0.695. The van der Waals surface area contributed by atoms with Gasteiger partial charge in [0.1, 0.15) is 11.6 Å². The summed E-state index contributed by atoms with van der Waals surface area (Å²) in [7, 11) is 2.07. The zero-order valence-electron chi connectivity index (χ0n) is 17.1. The van der Waals surface area contributed by atoms with Crippen molar-refractivity contribution >= 4 is 5.91 Å². The van der Waals surface area contributed by atoms with Crippen LogP contribution in [0.25, 0.3) is 0 Å². The number of ether oxygens (including phenoxy) is 1. The topological polar surface area (TPSA) is 66.7 Å². The molecule has 8 nitrogen and oxygen atoms in total. The first-order valence-electron chi connectivity index (χ1n) is 10.3. The number of likely N-dealkylation sites (tertiary alicyclic amines) is 1. The molecule has 0 N–H and O–H groups in total. The third kappa shape index (κ3) is 5.06. The minimum atomic E-state index is 0.228. The van der Waals surface area contributed by atoms with E-state index in [0.29, 0.717) is 12.5 Å². The van der Waals surface area contributed by atoms with Crippen LogP contribution in [-0.2, 0) is 23.1 Å². The second kappa shape index (κ2) is 9.61. The Kier molecular flexibility index (Phi) is 7.20. The van der Waals surface area contributed by atoms with E-state index >= 15 is 0 Å². The smallest absolute Gasteiger partial charge is 0.236 e. The molecule has 2 aliphatic rings. The van der Waals surface area contributed by atoms with E-state index in [-0.39, 0.29) is 5.91 Å². The molecule has 2 aliphatic heterocycles. The molecule has 0 saturated carbocycles. The standard InChI is InChI=1S/C19H34N6O2/c1-4-25(5-2)18(26)15-24-8-6-7-16(13-24)19-21-20-17(22(19)3)14-23-9-11-27-12-10-23/h16H,4-15H2,1-3H3/t16-/m1/s1. The number of hydrogen-bond acceptors (Lipinski definition) is 6. The van der Waals surface area contributed by atoms with Crippen LogP contribution in [0.1, 0.15) is 44.3 Å². The number of carbonyl (C=O) groups is 1. The summed E-state index contributed by atoms with van der Waals surface area (Å²) in [6, 6.07) is 0. The molecule has 0 radical (unpaired) electrons. The van der Waals surface area contributed by atoms with Crippen molar-refractivity contribution in [3.8, 4) is 0 Å². The van der Waals surface area contributed by atoms with Crippen molar-refractivity contribution in [3.05, 3.63) is 11.6 Å². The number of nitrogens with zero attached hydrogens (tertiary/aromatic N) is 6. The van der Waals surface area contributed by atoms with Crippen molar-refractivity contribution in [1.29, 1.82) is 0 Å². The molecule has 0 aliphatic carbocycles. The maximum absolute atomic E-state index is 12.4. The first-order chi connectivity index (χ1) is 13.1. The summed E-state index contributed by atoms with van der Waals surface area (Å²) in [6.45, 7) is 12.3. The summed E-state index contributed by atoms with van der Waals surface area (Å²) >= 11 is 0. The van der Waals surface area contributed by atoms with Crippen LogP contribution in [0.3, 0.4) is 0 Å².